The highest BCUT2D eigenvalue weighted by atomic mass is 79.9. The van der Waals surface area contributed by atoms with Gasteiger partial charge in [0.25, 0.3) is 0 Å². The molecule has 3 heteroatoms. The van der Waals surface area contributed by atoms with E-state index in [1.165, 1.54) is 34.1 Å². The van der Waals surface area contributed by atoms with Crippen molar-refractivity contribution in [1.29, 1.82) is 0 Å². The second-order valence-corrected chi connectivity index (χ2v) is 7.74. The van der Waals surface area contributed by atoms with E-state index in [9.17, 15) is 0 Å². The lowest BCUT2D eigenvalue weighted by molar-refractivity contribution is 0.261. The Kier molecular flexibility index (Phi) is 3.62. The molecule has 1 aromatic rings. The Morgan fingerprint density at radius 1 is 1.25 bits per heavy atom. The van der Waals surface area contributed by atoms with Crippen molar-refractivity contribution < 1.29 is 0 Å². The van der Waals surface area contributed by atoms with E-state index in [1.54, 1.807) is 0 Å². The zero-order valence-corrected chi connectivity index (χ0v) is 14.5. The van der Waals surface area contributed by atoms with E-state index in [0.29, 0.717) is 11.6 Å². The van der Waals surface area contributed by atoms with Crippen LogP contribution in [0.1, 0.15) is 37.8 Å². The number of halogens is 1. The SMILES string of the molecule is Cc1cc(N2CC(C)(C3CC3)NCC2C)cc(C)c1Br. The van der Waals surface area contributed by atoms with E-state index >= 15 is 0 Å². The minimum atomic E-state index is 0.293. The third-order valence-corrected chi connectivity index (χ3v) is 6.31. The molecule has 1 saturated heterocycles. The molecule has 2 fully saturated rings. The molecule has 2 aliphatic rings. The van der Waals surface area contributed by atoms with E-state index in [4.69, 9.17) is 0 Å². The van der Waals surface area contributed by atoms with Crippen molar-refractivity contribution in [2.24, 2.45) is 5.92 Å². The molecule has 2 unspecified atom stereocenters. The van der Waals surface area contributed by atoms with Crippen LogP contribution in [0.2, 0.25) is 0 Å². The van der Waals surface area contributed by atoms with Crippen LogP contribution in [-0.4, -0.2) is 24.7 Å². The molecule has 3 rings (SSSR count). The second kappa shape index (κ2) is 5.03. The monoisotopic (exact) mass is 336 g/mol. The molecule has 110 valence electrons. The van der Waals surface area contributed by atoms with Gasteiger partial charge in [0.05, 0.1) is 0 Å². The van der Waals surface area contributed by atoms with Crippen LogP contribution in [0.4, 0.5) is 5.69 Å². The number of nitrogens with one attached hydrogen (secondary N) is 1. The average Bonchev–Trinajstić information content (AvgIpc) is 3.23. The van der Waals surface area contributed by atoms with Gasteiger partial charge in [0.2, 0.25) is 0 Å². The van der Waals surface area contributed by atoms with E-state index < -0.39 is 0 Å². The molecule has 20 heavy (non-hydrogen) atoms. The lowest BCUT2D eigenvalue weighted by atomic mass is 9.90. The van der Waals surface area contributed by atoms with Gasteiger partial charge >= 0.3 is 0 Å². The number of rotatable bonds is 2. The first-order valence-electron chi connectivity index (χ1n) is 7.69. The van der Waals surface area contributed by atoms with Crippen molar-refractivity contribution in [1.82, 2.24) is 5.32 Å². The summed E-state index contributed by atoms with van der Waals surface area (Å²) in [5, 5.41) is 3.80. The predicted molar refractivity (Wildman–Crippen MR) is 89.6 cm³/mol. The van der Waals surface area contributed by atoms with Crippen molar-refractivity contribution in [3.63, 3.8) is 0 Å². The Balaban J connectivity index is 1.91. The summed E-state index contributed by atoms with van der Waals surface area (Å²) < 4.78 is 1.24. The van der Waals surface area contributed by atoms with Crippen molar-refractivity contribution in [3.05, 3.63) is 27.7 Å². The van der Waals surface area contributed by atoms with E-state index in [0.717, 1.165) is 19.0 Å². The van der Waals surface area contributed by atoms with Gasteiger partial charge in [-0.15, -0.1) is 0 Å². The van der Waals surface area contributed by atoms with Gasteiger partial charge < -0.3 is 10.2 Å². The fourth-order valence-electron chi connectivity index (χ4n) is 3.49. The normalized spacial score (nSPS) is 30.6. The van der Waals surface area contributed by atoms with Gasteiger partial charge in [-0.1, -0.05) is 15.9 Å². The van der Waals surface area contributed by atoms with Crippen LogP contribution in [0.25, 0.3) is 0 Å². The van der Waals surface area contributed by atoms with Crippen LogP contribution in [0.3, 0.4) is 0 Å². The molecule has 0 spiro atoms. The summed E-state index contributed by atoms with van der Waals surface area (Å²) >= 11 is 3.68. The van der Waals surface area contributed by atoms with Gasteiger partial charge in [-0.2, -0.15) is 0 Å². The van der Waals surface area contributed by atoms with Gasteiger partial charge in [-0.05, 0) is 69.7 Å². The number of nitrogens with zero attached hydrogens (tertiary/aromatic N) is 1. The summed E-state index contributed by atoms with van der Waals surface area (Å²) in [6, 6.07) is 5.21. The zero-order valence-electron chi connectivity index (χ0n) is 13.0. The quantitative estimate of drug-likeness (QED) is 0.876. The summed E-state index contributed by atoms with van der Waals surface area (Å²) in [6.45, 7) is 11.3. The molecule has 1 aliphatic carbocycles. The van der Waals surface area contributed by atoms with Crippen LogP contribution in [-0.2, 0) is 0 Å². The molecule has 0 bridgehead atoms. The molecule has 2 atom stereocenters. The van der Waals surface area contributed by atoms with Crippen molar-refractivity contribution in [2.75, 3.05) is 18.0 Å². The Bertz CT molecular complexity index is 501. The number of benzene rings is 1. The lowest BCUT2D eigenvalue weighted by Crippen LogP contribution is -2.63. The summed E-state index contributed by atoms with van der Waals surface area (Å²) in [5.41, 5.74) is 4.34. The molecule has 2 nitrogen and oxygen atoms in total. The average molecular weight is 337 g/mol. The topological polar surface area (TPSA) is 15.3 Å². The molecule has 1 aliphatic heterocycles. The first-order chi connectivity index (χ1) is 9.40. The molecule has 1 aromatic carbocycles. The highest BCUT2D eigenvalue weighted by Crippen LogP contribution is 2.42. The Morgan fingerprint density at radius 3 is 2.40 bits per heavy atom. The van der Waals surface area contributed by atoms with Gasteiger partial charge in [0, 0.05) is 34.8 Å². The maximum absolute atomic E-state index is 3.80. The van der Waals surface area contributed by atoms with Crippen LogP contribution >= 0.6 is 15.9 Å². The smallest absolute Gasteiger partial charge is 0.0387 e. The number of hydrogen-bond acceptors (Lipinski definition) is 2. The number of piperazine rings is 1. The third-order valence-electron chi connectivity index (χ3n) is 5.06. The van der Waals surface area contributed by atoms with Gasteiger partial charge in [-0.3, -0.25) is 0 Å². The standard InChI is InChI=1S/C17H25BrN2/c1-11-7-15(8-12(2)16(11)18)20-10-17(4,14-5-6-14)19-9-13(20)3/h7-8,13-14,19H,5-6,9-10H2,1-4H3. The molecule has 0 amide bonds. The Labute approximate surface area is 131 Å². The molecular weight excluding hydrogens is 312 g/mol. The van der Waals surface area contributed by atoms with Crippen LogP contribution < -0.4 is 10.2 Å². The molecule has 0 aromatic heterocycles. The summed E-state index contributed by atoms with van der Waals surface area (Å²) in [4.78, 5) is 2.60. The van der Waals surface area contributed by atoms with Gasteiger partial charge in [-0.25, -0.2) is 0 Å². The maximum atomic E-state index is 3.80. The fraction of sp³-hybridized carbons (Fsp3) is 0.647. The maximum Gasteiger partial charge on any atom is 0.0387 e. The van der Waals surface area contributed by atoms with Crippen LogP contribution in [0.5, 0.6) is 0 Å². The van der Waals surface area contributed by atoms with Crippen molar-refractivity contribution in [3.8, 4) is 0 Å². The Morgan fingerprint density at radius 2 is 1.85 bits per heavy atom. The van der Waals surface area contributed by atoms with Crippen LogP contribution in [0.15, 0.2) is 16.6 Å². The third kappa shape index (κ3) is 2.50. The minimum absolute atomic E-state index is 0.293. The molecule has 1 heterocycles. The number of anilines is 1. The lowest BCUT2D eigenvalue weighted by Gasteiger charge is -2.47. The fourth-order valence-corrected chi connectivity index (χ4v) is 3.71. The summed E-state index contributed by atoms with van der Waals surface area (Å²) in [6.07, 6.45) is 2.79. The zero-order chi connectivity index (χ0) is 14.5. The van der Waals surface area contributed by atoms with E-state index in [-0.39, 0.29) is 0 Å². The highest BCUT2D eigenvalue weighted by Gasteiger charge is 2.45. The second-order valence-electron chi connectivity index (χ2n) is 6.94. The van der Waals surface area contributed by atoms with E-state index in [2.05, 4.69) is 66.0 Å². The number of aryl methyl sites for hydroxylation is 2. The predicted octanol–water partition coefficient (Wildman–Crippen LogP) is 4.03. The van der Waals surface area contributed by atoms with Gasteiger partial charge in [0.1, 0.15) is 0 Å². The summed E-state index contributed by atoms with van der Waals surface area (Å²) in [7, 11) is 0. The minimum Gasteiger partial charge on any atom is -0.366 e. The summed E-state index contributed by atoms with van der Waals surface area (Å²) in [5.74, 6) is 0.871. The van der Waals surface area contributed by atoms with Crippen LogP contribution in [0, 0.1) is 19.8 Å². The Hall–Kier alpha value is -0.540. The number of hydrogen-bond donors (Lipinski definition) is 1. The highest BCUT2D eigenvalue weighted by molar-refractivity contribution is 9.10. The largest absolute Gasteiger partial charge is 0.366 e. The first-order valence-corrected chi connectivity index (χ1v) is 8.48. The van der Waals surface area contributed by atoms with Gasteiger partial charge in [0.15, 0.2) is 0 Å². The molecule has 0 radical (unpaired) electrons. The molecule has 1 N–H and O–H groups in total. The van der Waals surface area contributed by atoms with Crippen molar-refractivity contribution >= 4 is 21.6 Å². The molecule has 1 saturated carbocycles. The van der Waals surface area contributed by atoms with E-state index in [1.807, 2.05) is 0 Å². The first kappa shape index (κ1) is 14.4. The van der Waals surface area contributed by atoms with Crippen molar-refractivity contribution in [2.45, 2.75) is 52.1 Å². The molecular formula is C17H25BrN2.